The van der Waals surface area contributed by atoms with Crippen LogP contribution in [0.2, 0.25) is 0 Å². The van der Waals surface area contributed by atoms with Crippen molar-refractivity contribution in [1.82, 2.24) is 10.6 Å². The molecule has 0 bridgehead atoms. The summed E-state index contributed by atoms with van der Waals surface area (Å²) in [4.78, 5) is 16.5. The van der Waals surface area contributed by atoms with Crippen LogP contribution in [0.15, 0.2) is 47.5 Å². The highest BCUT2D eigenvalue weighted by molar-refractivity contribution is 5.92. The van der Waals surface area contributed by atoms with E-state index in [1.807, 2.05) is 37.3 Å². The maximum Gasteiger partial charge on any atom is 0.341 e. The van der Waals surface area contributed by atoms with Gasteiger partial charge in [-0.2, -0.15) is 0 Å². The molecule has 8 nitrogen and oxygen atoms in total. The van der Waals surface area contributed by atoms with Crippen LogP contribution in [-0.4, -0.2) is 53.0 Å². The lowest BCUT2D eigenvalue weighted by Gasteiger charge is -2.14. The Bertz CT molecular complexity index is 868. The average molecular weight is 444 g/mol. The van der Waals surface area contributed by atoms with Crippen LogP contribution in [0.1, 0.15) is 34.8 Å². The molecule has 0 aromatic heterocycles. The average Bonchev–Trinajstić information content (AvgIpc) is 2.84. The molecule has 2 rings (SSSR count). The van der Waals surface area contributed by atoms with Crippen molar-refractivity contribution in [3.05, 3.63) is 59.2 Å². The van der Waals surface area contributed by atoms with Gasteiger partial charge >= 0.3 is 5.97 Å². The number of nitrogens with one attached hydrogen (secondary N) is 2. The molecule has 0 aliphatic heterocycles. The van der Waals surface area contributed by atoms with Gasteiger partial charge in [0, 0.05) is 26.3 Å². The van der Waals surface area contributed by atoms with Gasteiger partial charge in [-0.1, -0.05) is 18.2 Å². The molecule has 2 aromatic rings. The van der Waals surface area contributed by atoms with Gasteiger partial charge in [0.25, 0.3) is 0 Å². The number of hydrogen-bond donors (Lipinski definition) is 2. The van der Waals surface area contributed by atoms with Crippen molar-refractivity contribution in [2.75, 3.05) is 41.1 Å². The fourth-order valence-electron chi connectivity index (χ4n) is 2.91. The van der Waals surface area contributed by atoms with Gasteiger partial charge in [0.05, 0.1) is 27.9 Å². The molecule has 0 saturated carbocycles. The molecule has 0 heterocycles. The predicted molar refractivity (Wildman–Crippen MR) is 124 cm³/mol. The van der Waals surface area contributed by atoms with Crippen molar-refractivity contribution in [3.8, 4) is 11.5 Å². The number of benzene rings is 2. The third-order valence-corrected chi connectivity index (χ3v) is 4.67. The quantitative estimate of drug-likeness (QED) is 0.225. The summed E-state index contributed by atoms with van der Waals surface area (Å²) in [6.45, 7) is 5.16. The van der Waals surface area contributed by atoms with Crippen molar-refractivity contribution in [1.29, 1.82) is 0 Å². The first kappa shape index (κ1) is 25.0. The number of rotatable bonds is 12. The van der Waals surface area contributed by atoms with E-state index >= 15 is 0 Å². The van der Waals surface area contributed by atoms with Crippen LogP contribution >= 0.6 is 0 Å². The first-order valence-electron chi connectivity index (χ1n) is 10.6. The van der Waals surface area contributed by atoms with Gasteiger partial charge in [-0.25, -0.2) is 9.79 Å². The predicted octanol–water partition coefficient (Wildman–Crippen LogP) is 3.15. The van der Waals surface area contributed by atoms with E-state index in [4.69, 9.17) is 18.9 Å². The Hall–Kier alpha value is -3.26. The smallest absolute Gasteiger partial charge is 0.341 e. The summed E-state index contributed by atoms with van der Waals surface area (Å²) in [7, 11) is 4.52. The molecule has 0 atom stereocenters. The topological polar surface area (TPSA) is 90.4 Å². The van der Waals surface area contributed by atoms with Crippen molar-refractivity contribution in [2.24, 2.45) is 4.99 Å². The SMILES string of the molecule is CCOCCCNC(=NCc1ccc(C(=O)OC)c(OC)c1)NCc1ccc(OC)cc1. The molecular formula is C24H33N3O5. The maximum atomic E-state index is 11.9. The summed E-state index contributed by atoms with van der Waals surface area (Å²) in [6.07, 6.45) is 0.874. The summed E-state index contributed by atoms with van der Waals surface area (Å²) >= 11 is 0. The zero-order valence-corrected chi connectivity index (χ0v) is 19.3. The molecule has 0 radical (unpaired) electrons. The highest BCUT2D eigenvalue weighted by Gasteiger charge is 2.13. The van der Waals surface area contributed by atoms with E-state index in [1.165, 1.54) is 14.2 Å². The van der Waals surface area contributed by atoms with Gasteiger partial charge in [-0.3, -0.25) is 0 Å². The molecule has 2 N–H and O–H groups in total. The minimum atomic E-state index is -0.435. The van der Waals surface area contributed by atoms with E-state index in [0.29, 0.717) is 43.6 Å². The number of methoxy groups -OCH3 is 3. The summed E-state index contributed by atoms with van der Waals surface area (Å²) in [6, 6.07) is 13.2. The van der Waals surface area contributed by atoms with Gasteiger partial charge in [0.15, 0.2) is 5.96 Å². The Morgan fingerprint density at radius 1 is 0.969 bits per heavy atom. The third-order valence-electron chi connectivity index (χ3n) is 4.67. The molecule has 0 aliphatic rings. The van der Waals surface area contributed by atoms with Crippen LogP contribution in [-0.2, 0) is 22.6 Å². The van der Waals surface area contributed by atoms with E-state index < -0.39 is 5.97 Å². The van der Waals surface area contributed by atoms with Gasteiger partial charge in [-0.15, -0.1) is 0 Å². The molecule has 0 amide bonds. The van der Waals surface area contributed by atoms with Gasteiger partial charge in [0.2, 0.25) is 0 Å². The Morgan fingerprint density at radius 3 is 2.38 bits per heavy atom. The molecule has 0 fully saturated rings. The molecule has 0 spiro atoms. The van der Waals surface area contributed by atoms with Crippen molar-refractivity contribution in [3.63, 3.8) is 0 Å². The fraction of sp³-hybridized carbons (Fsp3) is 0.417. The van der Waals surface area contributed by atoms with E-state index in [2.05, 4.69) is 15.6 Å². The summed E-state index contributed by atoms with van der Waals surface area (Å²) in [5.74, 6) is 1.53. The molecule has 0 aliphatic carbocycles. The number of carbonyl (C=O) groups excluding carboxylic acids is 1. The molecule has 174 valence electrons. The van der Waals surface area contributed by atoms with Gasteiger partial charge < -0.3 is 29.6 Å². The summed E-state index contributed by atoms with van der Waals surface area (Å²) < 4.78 is 20.7. The van der Waals surface area contributed by atoms with E-state index in [9.17, 15) is 4.79 Å². The standard InChI is InChI=1S/C24H33N3O5/c1-5-32-14-6-13-25-24(26-16-18-7-10-20(29-2)11-8-18)27-17-19-9-12-21(23(28)31-4)22(15-19)30-3/h7-12,15H,5-6,13-14,16-17H2,1-4H3,(H2,25,26,27). The lowest BCUT2D eigenvalue weighted by Crippen LogP contribution is -2.37. The van der Waals surface area contributed by atoms with E-state index in [0.717, 1.165) is 29.8 Å². The molecule has 0 unspecified atom stereocenters. The minimum Gasteiger partial charge on any atom is -0.497 e. The monoisotopic (exact) mass is 443 g/mol. The van der Waals surface area contributed by atoms with Crippen molar-refractivity contribution < 1.29 is 23.7 Å². The molecule has 0 saturated heterocycles. The first-order valence-corrected chi connectivity index (χ1v) is 10.6. The lowest BCUT2D eigenvalue weighted by molar-refractivity contribution is 0.0597. The molecular weight excluding hydrogens is 410 g/mol. The van der Waals surface area contributed by atoms with Crippen LogP contribution in [0.25, 0.3) is 0 Å². The zero-order chi connectivity index (χ0) is 23.2. The summed E-state index contributed by atoms with van der Waals surface area (Å²) in [5.41, 5.74) is 2.41. The van der Waals surface area contributed by atoms with Gasteiger partial charge in [-0.05, 0) is 48.7 Å². The van der Waals surface area contributed by atoms with E-state index in [-0.39, 0.29) is 0 Å². The van der Waals surface area contributed by atoms with Crippen LogP contribution in [0.4, 0.5) is 0 Å². The van der Waals surface area contributed by atoms with E-state index in [1.54, 1.807) is 19.2 Å². The number of aliphatic imine (C=N–C) groups is 1. The normalized spacial score (nSPS) is 11.1. The summed E-state index contributed by atoms with van der Waals surface area (Å²) in [5, 5.41) is 6.69. The minimum absolute atomic E-state index is 0.384. The van der Waals surface area contributed by atoms with Crippen molar-refractivity contribution in [2.45, 2.75) is 26.4 Å². The number of guanidine groups is 1. The Morgan fingerprint density at radius 2 is 1.72 bits per heavy atom. The van der Waals surface area contributed by atoms with Crippen LogP contribution in [0, 0.1) is 0 Å². The Kier molecular flexibility index (Phi) is 10.9. The van der Waals surface area contributed by atoms with Crippen LogP contribution in [0.3, 0.4) is 0 Å². The van der Waals surface area contributed by atoms with Crippen LogP contribution < -0.4 is 20.1 Å². The Labute approximate surface area is 189 Å². The zero-order valence-electron chi connectivity index (χ0n) is 19.3. The molecule has 2 aromatic carbocycles. The number of esters is 1. The fourth-order valence-corrected chi connectivity index (χ4v) is 2.91. The second-order valence-corrected chi connectivity index (χ2v) is 6.87. The lowest BCUT2D eigenvalue weighted by atomic mass is 10.1. The molecule has 32 heavy (non-hydrogen) atoms. The first-order chi connectivity index (χ1) is 15.6. The van der Waals surface area contributed by atoms with Crippen LogP contribution in [0.5, 0.6) is 11.5 Å². The van der Waals surface area contributed by atoms with Gasteiger partial charge in [0.1, 0.15) is 17.1 Å². The maximum absolute atomic E-state index is 11.9. The largest absolute Gasteiger partial charge is 0.497 e. The van der Waals surface area contributed by atoms with Crippen molar-refractivity contribution >= 4 is 11.9 Å². The second-order valence-electron chi connectivity index (χ2n) is 6.87. The number of hydrogen-bond acceptors (Lipinski definition) is 6. The number of carbonyl (C=O) groups is 1. The Balaban J connectivity index is 2.06. The molecule has 8 heteroatoms. The number of ether oxygens (including phenoxy) is 4. The third kappa shape index (κ3) is 8.11. The highest BCUT2D eigenvalue weighted by Crippen LogP contribution is 2.21. The second kappa shape index (κ2) is 13.9. The number of nitrogens with zero attached hydrogens (tertiary/aromatic N) is 1. The highest BCUT2D eigenvalue weighted by atomic mass is 16.5.